The highest BCUT2D eigenvalue weighted by molar-refractivity contribution is 5.88. The van der Waals surface area contributed by atoms with E-state index in [1.54, 1.807) is 11.8 Å². The van der Waals surface area contributed by atoms with Gasteiger partial charge in [0.15, 0.2) is 6.61 Å². The van der Waals surface area contributed by atoms with Gasteiger partial charge in [-0.1, -0.05) is 42.5 Å². The van der Waals surface area contributed by atoms with Crippen molar-refractivity contribution in [2.24, 2.45) is 0 Å². The third kappa shape index (κ3) is 6.44. The van der Waals surface area contributed by atoms with E-state index in [0.717, 1.165) is 11.1 Å². The second-order valence-electron chi connectivity index (χ2n) is 6.95. The summed E-state index contributed by atoms with van der Waals surface area (Å²) in [7, 11) is 0. The summed E-state index contributed by atoms with van der Waals surface area (Å²) in [6, 6.07) is 16.6. The average molecular weight is 368 g/mol. The summed E-state index contributed by atoms with van der Waals surface area (Å²) in [6.07, 6.45) is 0. The van der Waals surface area contributed by atoms with Crippen molar-refractivity contribution in [3.05, 3.63) is 65.7 Å². The van der Waals surface area contributed by atoms with Crippen LogP contribution in [0.25, 0.3) is 0 Å². The van der Waals surface area contributed by atoms with E-state index >= 15 is 0 Å². The highest BCUT2D eigenvalue weighted by atomic mass is 16.5. The summed E-state index contributed by atoms with van der Waals surface area (Å²) in [4.78, 5) is 26.9. The van der Waals surface area contributed by atoms with Crippen molar-refractivity contribution in [2.75, 3.05) is 6.61 Å². The number of carbonyl (C=O) groups excluding carboxylic acids is 2. The molecule has 0 saturated carbocycles. The maximum Gasteiger partial charge on any atom is 0.261 e. The predicted octanol–water partition coefficient (Wildman–Crippen LogP) is 3.32. The molecule has 0 radical (unpaired) electrons. The highest BCUT2D eigenvalue weighted by Crippen LogP contribution is 2.14. The summed E-state index contributed by atoms with van der Waals surface area (Å²) < 4.78 is 5.66. The molecule has 0 aliphatic carbocycles. The Kier molecular flexibility index (Phi) is 7.41. The Morgan fingerprint density at radius 2 is 1.74 bits per heavy atom. The zero-order valence-electron chi connectivity index (χ0n) is 16.4. The lowest BCUT2D eigenvalue weighted by molar-refractivity contribution is -0.142. The van der Waals surface area contributed by atoms with E-state index in [0.29, 0.717) is 12.3 Å². The van der Waals surface area contributed by atoms with Gasteiger partial charge in [-0.25, -0.2) is 0 Å². The lowest BCUT2D eigenvalue weighted by Gasteiger charge is -2.29. The Hall–Kier alpha value is -2.82. The minimum absolute atomic E-state index is 0.0113. The molecular formula is C22H28N2O3. The number of benzene rings is 2. The Balaban J connectivity index is 2.11. The summed E-state index contributed by atoms with van der Waals surface area (Å²) >= 11 is 0. The molecule has 1 atom stereocenters. The van der Waals surface area contributed by atoms with Gasteiger partial charge >= 0.3 is 0 Å². The summed E-state index contributed by atoms with van der Waals surface area (Å²) in [5, 5.41) is 2.87. The highest BCUT2D eigenvalue weighted by Gasteiger charge is 2.26. The largest absolute Gasteiger partial charge is 0.484 e. The molecule has 0 aromatic heterocycles. The first kappa shape index (κ1) is 20.5. The fourth-order valence-corrected chi connectivity index (χ4v) is 2.70. The van der Waals surface area contributed by atoms with Crippen LogP contribution in [0, 0.1) is 6.92 Å². The van der Waals surface area contributed by atoms with Crippen molar-refractivity contribution in [1.82, 2.24) is 10.2 Å². The topological polar surface area (TPSA) is 58.6 Å². The van der Waals surface area contributed by atoms with Crippen LogP contribution in [0.1, 0.15) is 31.9 Å². The molecule has 0 spiro atoms. The average Bonchev–Trinajstić information content (AvgIpc) is 2.64. The van der Waals surface area contributed by atoms with E-state index in [1.807, 2.05) is 75.4 Å². The molecule has 0 heterocycles. The molecule has 2 rings (SSSR count). The van der Waals surface area contributed by atoms with E-state index in [1.165, 1.54) is 0 Å². The number of rotatable bonds is 8. The van der Waals surface area contributed by atoms with Gasteiger partial charge in [0.2, 0.25) is 5.91 Å². The quantitative estimate of drug-likeness (QED) is 0.778. The number of aryl methyl sites for hydroxylation is 1. The minimum atomic E-state index is -0.596. The van der Waals surface area contributed by atoms with Crippen LogP contribution >= 0.6 is 0 Å². The molecule has 0 unspecified atom stereocenters. The molecule has 27 heavy (non-hydrogen) atoms. The summed E-state index contributed by atoms with van der Waals surface area (Å²) in [5.41, 5.74) is 2.02. The maximum absolute atomic E-state index is 12.9. The Bertz CT molecular complexity index is 759. The first-order valence-corrected chi connectivity index (χ1v) is 9.20. The number of amides is 2. The maximum atomic E-state index is 12.9. The molecule has 0 aliphatic heterocycles. The Morgan fingerprint density at radius 3 is 2.37 bits per heavy atom. The monoisotopic (exact) mass is 368 g/mol. The van der Waals surface area contributed by atoms with E-state index in [-0.39, 0.29) is 24.5 Å². The van der Waals surface area contributed by atoms with Crippen molar-refractivity contribution in [2.45, 2.75) is 46.3 Å². The van der Waals surface area contributed by atoms with E-state index in [9.17, 15) is 9.59 Å². The molecule has 5 heteroatoms. The van der Waals surface area contributed by atoms with Gasteiger partial charge in [-0.3, -0.25) is 9.59 Å². The van der Waals surface area contributed by atoms with E-state index < -0.39 is 6.04 Å². The van der Waals surface area contributed by atoms with Crippen LogP contribution in [0.3, 0.4) is 0 Å². The predicted molar refractivity (Wildman–Crippen MR) is 106 cm³/mol. The van der Waals surface area contributed by atoms with Crippen LogP contribution in [0.4, 0.5) is 0 Å². The molecule has 144 valence electrons. The van der Waals surface area contributed by atoms with Crippen LogP contribution in [-0.4, -0.2) is 35.4 Å². The third-order valence-corrected chi connectivity index (χ3v) is 4.15. The summed E-state index contributed by atoms with van der Waals surface area (Å²) in [6.45, 7) is 7.74. The standard InChI is InChI=1S/C22H28N2O3/c1-16(2)23-22(26)18(4)24(14-19-10-6-5-7-11-19)21(25)15-27-20-12-8-9-17(3)13-20/h5-13,16,18H,14-15H2,1-4H3,(H,23,26)/t18-/m1/s1. The van der Waals surface area contributed by atoms with Crippen LogP contribution in [0.5, 0.6) is 5.75 Å². The molecule has 2 amide bonds. The number of nitrogens with zero attached hydrogens (tertiary/aromatic N) is 1. The number of carbonyl (C=O) groups is 2. The van der Waals surface area contributed by atoms with Crippen LogP contribution in [0.2, 0.25) is 0 Å². The Morgan fingerprint density at radius 1 is 1.04 bits per heavy atom. The fourth-order valence-electron chi connectivity index (χ4n) is 2.70. The van der Waals surface area contributed by atoms with Gasteiger partial charge in [0.25, 0.3) is 5.91 Å². The molecule has 0 fully saturated rings. The van der Waals surface area contributed by atoms with Crippen molar-refractivity contribution in [3.8, 4) is 5.75 Å². The molecule has 0 aliphatic rings. The van der Waals surface area contributed by atoms with Crippen molar-refractivity contribution < 1.29 is 14.3 Å². The number of hydrogen-bond acceptors (Lipinski definition) is 3. The molecule has 1 N–H and O–H groups in total. The SMILES string of the molecule is Cc1cccc(OCC(=O)N(Cc2ccccc2)[C@H](C)C(=O)NC(C)C)c1. The van der Waals surface area contributed by atoms with Gasteiger partial charge in [0, 0.05) is 12.6 Å². The Labute approximate surface area is 161 Å². The second kappa shape index (κ2) is 9.76. The zero-order chi connectivity index (χ0) is 19.8. The number of ether oxygens (including phenoxy) is 1. The van der Waals surface area contributed by atoms with Gasteiger partial charge in [-0.05, 0) is 51.0 Å². The van der Waals surface area contributed by atoms with Gasteiger partial charge in [-0.15, -0.1) is 0 Å². The normalized spacial score (nSPS) is 11.7. The van der Waals surface area contributed by atoms with Crippen molar-refractivity contribution >= 4 is 11.8 Å². The number of hydrogen-bond donors (Lipinski definition) is 1. The molecule has 2 aromatic carbocycles. The molecule has 2 aromatic rings. The molecule has 0 bridgehead atoms. The molecule has 0 saturated heterocycles. The van der Waals surface area contributed by atoms with Gasteiger partial charge in [-0.2, -0.15) is 0 Å². The first-order valence-electron chi connectivity index (χ1n) is 9.20. The molecule has 5 nitrogen and oxygen atoms in total. The van der Waals surface area contributed by atoms with Gasteiger partial charge < -0.3 is 15.0 Å². The zero-order valence-corrected chi connectivity index (χ0v) is 16.4. The molecular weight excluding hydrogens is 340 g/mol. The minimum Gasteiger partial charge on any atom is -0.484 e. The summed E-state index contributed by atoms with van der Waals surface area (Å²) in [5.74, 6) is 0.235. The smallest absolute Gasteiger partial charge is 0.261 e. The van der Waals surface area contributed by atoms with E-state index in [4.69, 9.17) is 4.74 Å². The first-order chi connectivity index (χ1) is 12.9. The number of nitrogens with one attached hydrogen (secondary N) is 1. The van der Waals surface area contributed by atoms with Gasteiger partial charge in [0.05, 0.1) is 0 Å². The van der Waals surface area contributed by atoms with Crippen molar-refractivity contribution in [1.29, 1.82) is 0 Å². The van der Waals surface area contributed by atoms with Crippen LogP contribution in [0.15, 0.2) is 54.6 Å². The third-order valence-electron chi connectivity index (χ3n) is 4.15. The van der Waals surface area contributed by atoms with Crippen molar-refractivity contribution in [3.63, 3.8) is 0 Å². The second-order valence-corrected chi connectivity index (χ2v) is 6.95. The van der Waals surface area contributed by atoms with Gasteiger partial charge in [0.1, 0.15) is 11.8 Å². The van der Waals surface area contributed by atoms with Crippen LogP contribution < -0.4 is 10.1 Å². The van der Waals surface area contributed by atoms with Crippen LogP contribution in [-0.2, 0) is 16.1 Å². The van der Waals surface area contributed by atoms with E-state index in [2.05, 4.69) is 5.32 Å². The fraction of sp³-hybridized carbons (Fsp3) is 0.364. The lowest BCUT2D eigenvalue weighted by atomic mass is 10.1. The lowest BCUT2D eigenvalue weighted by Crippen LogP contribution is -2.50.